The van der Waals surface area contributed by atoms with Crippen molar-refractivity contribution >= 4 is 33.2 Å². The van der Waals surface area contributed by atoms with Crippen LogP contribution in [0.25, 0.3) is 0 Å². The quantitative estimate of drug-likeness (QED) is 0.360. The summed E-state index contributed by atoms with van der Waals surface area (Å²) in [6.45, 7) is 1.97. The Bertz CT molecular complexity index is 1290. The van der Waals surface area contributed by atoms with Crippen molar-refractivity contribution in [2.24, 2.45) is 0 Å². The summed E-state index contributed by atoms with van der Waals surface area (Å²) in [5.74, 6) is 1.37. The van der Waals surface area contributed by atoms with E-state index in [4.69, 9.17) is 30.5 Å². The minimum absolute atomic E-state index is 0.00297. The predicted octanol–water partition coefficient (Wildman–Crippen LogP) is 4.28. The van der Waals surface area contributed by atoms with Crippen molar-refractivity contribution in [3.05, 3.63) is 71.2 Å². The van der Waals surface area contributed by atoms with Gasteiger partial charge in [-0.25, -0.2) is 8.42 Å². The van der Waals surface area contributed by atoms with Crippen LogP contribution in [0.3, 0.4) is 0 Å². The number of rotatable bonds is 12. The molecule has 37 heavy (non-hydrogen) atoms. The molecule has 0 unspecified atom stereocenters. The van der Waals surface area contributed by atoms with Gasteiger partial charge in [-0.05, 0) is 73.2 Å². The number of hydrogen-bond acceptors (Lipinski definition) is 7. The Morgan fingerprint density at radius 1 is 0.919 bits per heavy atom. The number of ether oxygens (including phenoxy) is 4. The summed E-state index contributed by atoms with van der Waals surface area (Å²) in [6.07, 6.45) is 0. The standard InChI is InChI=1S/C26H29ClN2O7S/c1-5-36-21-10-8-20(9-11-21)29(37(31,32)22-12-6-19(27)7-13-22)17-25(30)28-16-18-14-23(33-2)26(35-4)24(15-18)34-3/h6-15H,5,16-17H2,1-4H3,(H,28,30). The van der Waals surface area contributed by atoms with Gasteiger partial charge in [0.25, 0.3) is 10.0 Å². The van der Waals surface area contributed by atoms with Gasteiger partial charge in [0.05, 0.1) is 38.5 Å². The first kappa shape index (κ1) is 27.9. The zero-order valence-corrected chi connectivity index (χ0v) is 22.6. The molecule has 3 aromatic rings. The summed E-state index contributed by atoms with van der Waals surface area (Å²) in [4.78, 5) is 13.0. The van der Waals surface area contributed by atoms with E-state index in [2.05, 4.69) is 5.32 Å². The molecule has 1 amide bonds. The average molecular weight is 549 g/mol. The molecule has 0 saturated heterocycles. The molecule has 0 fully saturated rings. The number of methoxy groups -OCH3 is 3. The number of nitrogens with zero attached hydrogens (tertiary/aromatic N) is 1. The number of benzene rings is 3. The second-order valence-electron chi connectivity index (χ2n) is 7.70. The second kappa shape index (κ2) is 12.6. The van der Waals surface area contributed by atoms with Gasteiger partial charge in [-0.15, -0.1) is 0 Å². The van der Waals surface area contributed by atoms with Crippen LogP contribution in [0.2, 0.25) is 5.02 Å². The zero-order valence-electron chi connectivity index (χ0n) is 21.0. The van der Waals surface area contributed by atoms with Crippen LogP contribution in [0.1, 0.15) is 12.5 Å². The van der Waals surface area contributed by atoms with Crippen molar-refractivity contribution in [2.75, 3.05) is 38.8 Å². The SMILES string of the molecule is CCOc1ccc(N(CC(=O)NCc2cc(OC)c(OC)c(OC)c2)S(=O)(=O)c2ccc(Cl)cc2)cc1. The van der Waals surface area contributed by atoms with E-state index >= 15 is 0 Å². The minimum Gasteiger partial charge on any atom is -0.494 e. The Kier molecular flexibility index (Phi) is 9.48. The fourth-order valence-electron chi connectivity index (χ4n) is 3.55. The van der Waals surface area contributed by atoms with Gasteiger partial charge in [-0.3, -0.25) is 9.10 Å². The third-order valence-corrected chi connectivity index (χ3v) is 7.38. The highest BCUT2D eigenvalue weighted by Crippen LogP contribution is 2.38. The molecule has 0 saturated carbocycles. The number of sulfonamides is 1. The first-order valence-electron chi connectivity index (χ1n) is 11.3. The summed E-state index contributed by atoms with van der Waals surface area (Å²) >= 11 is 5.94. The first-order valence-corrected chi connectivity index (χ1v) is 13.1. The van der Waals surface area contributed by atoms with Crippen molar-refractivity contribution in [3.8, 4) is 23.0 Å². The van der Waals surface area contributed by atoms with E-state index in [1.54, 1.807) is 36.4 Å². The maximum absolute atomic E-state index is 13.5. The second-order valence-corrected chi connectivity index (χ2v) is 10.0. The topological polar surface area (TPSA) is 103 Å². The van der Waals surface area contributed by atoms with Crippen molar-refractivity contribution in [1.29, 1.82) is 0 Å². The van der Waals surface area contributed by atoms with Gasteiger partial charge in [-0.2, -0.15) is 0 Å². The molecule has 3 rings (SSSR count). The van der Waals surface area contributed by atoms with Gasteiger partial charge >= 0.3 is 0 Å². The van der Waals surface area contributed by atoms with Crippen molar-refractivity contribution in [1.82, 2.24) is 5.32 Å². The molecule has 0 aromatic heterocycles. The van der Waals surface area contributed by atoms with Gasteiger partial charge < -0.3 is 24.3 Å². The van der Waals surface area contributed by atoms with E-state index in [1.165, 1.54) is 45.6 Å². The van der Waals surface area contributed by atoms with E-state index in [-0.39, 0.29) is 11.4 Å². The van der Waals surface area contributed by atoms with Crippen LogP contribution in [0, 0.1) is 0 Å². The lowest BCUT2D eigenvalue weighted by molar-refractivity contribution is -0.119. The lowest BCUT2D eigenvalue weighted by atomic mass is 10.1. The van der Waals surface area contributed by atoms with Crippen LogP contribution in [0.4, 0.5) is 5.69 Å². The van der Waals surface area contributed by atoms with Gasteiger partial charge in [0, 0.05) is 11.6 Å². The lowest BCUT2D eigenvalue weighted by Gasteiger charge is -2.24. The molecular weight excluding hydrogens is 520 g/mol. The third-order valence-electron chi connectivity index (χ3n) is 5.34. The number of halogens is 1. The number of anilines is 1. The smallest absolute Gasteiger partial charge is 0.264 e. The number of nitrogens with one attached hydrogen (secondary N) is 1. The van der Waals surface area contributed by atoms with Crippen molar-refractivity contribution < 1.29 is 32.2 Å². The monoisotopic (exact) mass is 548 g/mol. The molecule has 11 heteroatoms. The maximum atomic E-state index is 13.5. The highest BCUT2D eigenvalue weighted by atomic mass is 35.5. The van der Waals surface area contributed by atoms with Gasteiger partial charge in [-0.1, -0.05) is 11.6 Å². The first-order chi connectivity index (χ1) is 17.7. The number of carbonyl (C=O) groups is 1. The molecule has 3 aromatic carbocycles. The predicted molar refractivity (Wildman–Crippen MR) is 142 cm³/mol. The molecule has 0 aliphatic heterocycles. The highest BCUT2D eigenvalue weighted by molar-refractivity contribution is 7.92. The van der Waals surface area contributed by atoms with Crippen LogP contribution in [0.15, 0.2) is 65.6 Å². The average Bonchev–Trinajstić information content (AvgIpc) is 2.90. The van der Waals surface area contributed by atoms with Crippen molar-refractivity contribution in [3.63, 3.8) is 0 Å². The van der Waals surface area contributed by atoms with E-state index in [0.717, 1.165) is 4.31 Å². The fourth-order valence-corrected chi connectivity index (χ4v) is 5.10. The Balaban J connectivity index is 1.86. The Labute approximate surface area is 221 Å². The molecule has 0 atom stereocenters. The summed E-state index contributed by atoms with van der Waals surface area (Å²) in [6, 6.07) is 15.6. The summed E-state index contributed by atoms with van der Waals surface area (Å²) in [5.41, 5.74) is 0.984. The van der Waals surface area contributed by atoms with E-state index < -0.39 is 22.5 Å². The normalized spacial score (nSPS) is 10.9. The van der Waals surface area contributed by atoms with Crippen molar-refractivity contribution in [2.45, 2.75) is 18.4 Å². The largest absolute Gasteiger partial charge is 0.494 e. The Morgan fingerprint density at radius 3 is 2.03 bits per heavy atom. The molecule has 0 aliphatic carbocycles. The molecular formula is C26H29ClN2O7S. The molecule has 0 aliphatic rings. The summed E-state index contributed by atoms with van der Waals surface area (Å²) in [5, 5.41) is 3.16. The number of amides is 1. The molecule has 198 valence electrons. The van der Waals surface area contributed by atoms with Crippen LogP contribution in [-0.2, 0) is 21.4 Å². The van der Waals surface area contributed by atoms with E-state index in [0.29, 0.717) is 45.9 Å². The highest BCUT2D eigenvalue weighted by Gasteiger charge is 2.27. The van der Waals surface area contributed by atoms with E-state index in [1.807, 2.05) is 6.92 Å². The van der Waals surface area contributed by atoms with Crippen LogP contribution < -0.4 is 28.6 Å². The molecule has 9 nitrogen and oxygen atoms in total. The molecule has 0 heterocycles. The zero-order chi connectivity index (χ0) is 27.0. The van der Waals surface area contributed by atoms with Crippen LogP contribution >= 0.6 is 11.6 Å². The van der Waals surface area contributed by atoms with Crippen LogP contribution in [-0.4, -0.2) is 48.8 Å². The van der Waals surface area contributed by atoms with E-state index in [9.17, 15) is 13.2 Å². The minimum atomic E-state index is -4.09. The van der Waals surface area contributed by atoms with Crippen LogP contribution in [0.5, 0.6) is 23.0 Å². The molecule has 0 spiro atoms. The Hall–Kier alpha value is -3.63. The molecule has 1 N–H and O–H groups in total. The fraction of sp³-hybridized carbons (Fsp3) is 0.269. The third kappa shape index (κ3) is 6.78. The summed E-state index contributed by atoms with van der Waals surface area (Å²) < 4.78 is 49.6. The lowest BCUT2D eigenvalue weighted by Crippen LogP contribution is -2.40. The molecule has 0 bridgehead atoms. The number of hydrogen-bond donors (Lipinski definition) is 1. The van der Waals surface area contributed by atoms with Gasteiger partial charge in [0.15, 0.2) is 11.5 Å². The maximum Gasteiger partial charge on any atom is 0.264 e. The molecule has 0 radical (unpaired) electrons. The van der Waals surface area contributed by atoms with Gasteiger partial charge in [0.1, 0.15) is 12.3 Å². The number of carbonyl (C=O) groups excluding carboxylic acids is 1. The summed E-state index contributed by atoms with van der Waals surface area (Å²) in [7, 11) is 0.403. The van der Waals surface area contributed by atoms with Gasteiger partial charge in [0.2, 0.25) is 11.7 Å². The Morgan fingerprint density at radius 2 is 1.51 bits per heavy atom.